The van der Waals surface area contributed by atoms with E-state index in [1.54, 1.807) is 13.2 Å². The number of methoxy groups -OCH3 is 1. The van der Waals surface area contributed by atoms with Crippen molar-refractivity contribution < 1.29 is 13.6 Å². The molecule has 0 saturated carbocycles. The fourth-order valence-electron chi connectivity index (χ4n) is 2.59. The standard InChI is InChI=1S/C18H22NO4Si/c1-18(2,3)13-10-11(21-4)9-12-15(13)17(20)22-14(7-8-19)16(12)23-24(5)6/h9-10H,7H2,1-6H3. The molecule has 0 aliphatic heterocycles. The van der Waals surface area contributed by atoms with Crippen LogP contribution in [0.5, 0.6) is 11.5 Å². The van der Waals surface area contributed by atoms with Gasteiger partial charge in [-0.15, -0.1) is 0 Å². The van der Waals surface area contributed by atoms with Crippen molar-refractivity contribution in [1.29, 1.82) is 5.26 Å². The van der Waals surface area contributed by atoms with Gasteiger partial charge in [0.25, 0.3) is 9.04 Å². The number of rotatable bonds is 4. The molecular weight excluding hydrogens is 322 g/mol. The highest BCUT2D eigenvalue weighted by Gasteiger charge is 2.25. The van der Waals surface area contributed by atoms with E-state index in [1.807, 2.05) is 46.0 Å². The van der Waals surface area contributed by atoms with Gasteiger partial charge in [-0.3, -0.25) is 0 Å². The van der Waals surface area contributed by atoms with Crippen molar-refractivity contribution in [3.8, 4) is 17.6 Å². The number of hydrogen-bond donors (Lipinski definition) is 0. The molecule has 0 spiro atoms. The Hall–Kier alpha value is -2.26. The van der Waals surface area contributed by atoms with E-state index in [0.717, 1.165) is 5.56 Å². The molecular formula is C18H22NO4Si. The monoisotopic (exact) mass is 344 g/mol. The summed E-state index contributed by atoms with van der Waals surface area (Å²) in [5.41, 5.74) is 0.109. The predicted octanol–water partition coefficient (Wildman–Crippen LogP) is 3.80. The maximum atomic E-state index is 12.6. The number of fused-ring (bicyclic) bond motifs is 1. The second-order valence-electron chi connectivity index (χ2n) is 6.83. The Labute approximate surface area is 143 Å². The maximum Gasteiger partial charge on any atom is 0.344 e. The zero-order valence-corrected chi connectivity index (χ0v) is 15.9. The van der Waals surface area contributed by atoms with E-state index in [1.165, 1.54) is 0 Å². The van der Waals surface area contributed by atoms with E-state index in [4.69, 9.17) is 18.8 Å². The van der Waals surface area contributed by atoms with Gasteiger partial charge in [0.1, 0.15) is 5.75 Å². The summed E-state index contributed by atoms with van der Waals surface area (Å²) in [7, 11) is 0.479. The van der Waals surface area contributed by atoms with Gasteiger partial charge in [-0.1, -0.05) is 20.8 Å². The quantitative estimate of drug-likeness (QED) is 0.789. The molecule has 0 amide bonds. The van der Waals surface area contributed by atoms with Crippen LogP contribution in [0.3, 0.4) is 0 Å². The van der Waals surface area contributed by atoms with Crippen molar-refractivity contribution in [2.45, 2.75) is 45.7 Å². The van der Waals surface area contributed by atoms with Crippen molar-refractivity contribution >= 4 is 19.8 Å². The highest BCUT2D eigenvalue weighted by molar-refractivity contribution is 6.49. The Morgan fingerprint density at radius 2 is 1.96 bits per heavy atom. The topological polar surface area (TPSA) is 72.5 Å². The molecule has 5 nitrogen and oxygen atoms in total. The summed E-state index contributed by atoms with van der Waals surface area (Å²) in [5.74, 6) is 1.40. The lowest BCUT2D eigenvalue weighted by Crippen LogP contribution is -2.19. The van der Waals surface area contributed by atoms with E-state index in [0.29, 0.717) is 22.3 Å². The lowest BCUT2D eigenvalue weighted by atomic mass is 9.84. The number of hydrogen-bond acceptors (Lipinski definition) is 5. The van der Waals surface area contributed by atoms with Gasteiger partial charge < -0.3 is 13.6 Å². The summed E-state index contributed by atoms with van der Waals surface area (Å²) in [6, 6.07) is 5.67. The molecule has 0 aliphatic rings. The van der Waals surface area contributed by atoms with Crippen molar-refractivity contribution in [2.24, 2.45) is 0 Å². The first-order valence-corrected chi connectivity index (χ1v) is 10.1. The number of ether oxygens (including phenoxy) is 1. The van der Waals surface area contributed by atoms with Crippen molar-refractivity contribution in [3.63, 3.8) is 0 Å². The minimum atomic E-state index is -1.11. The zero-order chi connectivity index (χ0) is 18.1. The van der Waals surface area contributed by atoms with Gasteiger partial charge in [0.15, 0.2) is 11.5 Å². The average Bonchev–Trinajstić information content (AvgIpc) is 2.49. The Bertz CT molecular complexity index is 856. The molecule has 1 radical (unpaired) electrons. The second kappa shape index (κ2) is 6.69. The second-order valence-corrected chi connectivity index (χ2v) is 8.86. The first kappa shape index (κ1) is 18.1. The van der Waals surface area contributed by atoms with Crippen molar-refractivity contribution in [3.05, 3.63) is 33.9 Å². The Kier molecular flexibility index (Phi) is 5.04. The van der Waals surface area contributed by atoms with Crippen LogP contribution in [0, 0.1) is 11.3 Å². The maximum absolute atomic E-state index is 12.6. The molecule has 0 fully saturated rings. The molecule has 0 unspecified atom stereocenters. The summed E-state index contributed by atoms with van der Waals surface area (Å²) in [6.45, 7) is 10.1. The minimum Gasteiger partial charge on any atom is -0.540 e. The van der Waals surface area contributed by atoms with E-state index in [-0.39, 0.29) is 17.6 Å². The van der Waals surface area contributed by atoms with Crippen LogP contribution in [0.1, 0.15) is 32.1 Å². The largest absolute Gasteiger partial charge is 0.540 e. The lowest BCUT2D eigenvalue weighted by Gasteiger charge is -2.23. The van der Waals surface area contributed by atoms with Crippen molar-refractivity contribution in [1.82, 2.24) is 0 Å². The summed E-state index contributed by atoms with van der Waals surface area (Å²) in [6.07, 6.45) is -0.0161. The van der Waals surface area contributed by atoms with Crippen LogP contribution in [0.15, 0.2) is 21.3 Å². The third kappa shape index (κ3) is 3.46. The molecule has 0 aliphatic carbocycles. The van der Waals surface area contributed by atoms with Gasteiger partial charge in [0.2, 0.25) is 0 Å². The summed E-state index contributed by atoms with van der Waals surface area (Å²) in [5, 5.41) is 10.2. The van der Waals surface area contributed by atoms with E-state index in [9.17, 15) is 4.79 Å². The highest BCUT2D eigenvalue weighted by atomic mass is 28.3. The molecule has 0 atom stereocenters. The predicted molar refractivity (Wildman–Crippen MR) is 95.2 cm³/mol. The molecule has 1 aromatic carbocycles. The Balaban J connectivity index is 2.99. The molecule has 0 bridgehead atoms. The molecule has 6 heteroatoms. The number of nitriles is 1. The average molecular weight is 344 g/mol. The van der Waals surface area contributed by atoms with Gasteiger partial charge in [-0.05, 0) is 36.2 Å². The van der Waals surface area contributed by atoms with Crippen LogP contribution in [0.4, 0.5) is 0 Å². The van der Waals surface area contributed by atoms with Crippen LogP contribution in [-0.2, 0) is 11.8 Å². The summed E-state index contributed by atoms with van der Waals surface area (Å²) >= 11 is 0. The van der Waals surface area contributed by atoms with Gasteiger partial charge in [-0.25, -0.2) is 4.79 Å². The van der Waals surface area contributed by atoms with E-state index >= 15 is 0 Å². The SMILES string of the molecule is COc1cc(C(C)(C)C)c2c(=O)oc(CC#N)c(O[Si](C)C)c2c1. The smallest absolute Gasteiger partial charge is 0.344 e. The first-order valence-electron chi connectivity index (χ1n) is 7.72. The molecule has 24 heavy (non-hydrogen) atoms. The van der Waals surface area contributed by atoms with Gasteiger partial charge >= 0.3 is 5.63 Å². The number of benzene rings is 1. The molecule has 2 aromatic rings. The molecule has 0 N–H and O–H groups in total. The van der Waals surface area contributed by atoms with Crippen LogP contribution >= 0.6 is 0 Å². The number of nitrogens with zero attached hydrogens (tertiary/aromatic N) is 1. The Morgan fingerprint density at radius 1 is 1.29 bits per heavy atom. The first-order chi connectivity index (χ1) is 11.2. The minimum absolute atomic E-state index is 0.0161. The van der Waals surface area contributed by atoms with E-state index < -0.39 is 14.7 Å². The van der Waals surface area contributed by atoms with E-state index in [2.05, 4.69) is 0 Å². The molecule has 127 valence electrons. The molecule has 1 heterocycles. The molecule has 0 saturated heterocycles. The normalized spacial score (nSPS) is 11.6. The Morgan fingerprint density at radius 3 is 2.46 bits per heavy atom. The lowest BCUT2D eigenvalue weighted by molar-refractivity contribution is 0.412. The van der Waals surface area contributed by atoms with Gasteiger partial charge in [0, 0.05) is 5.39 Å². The molecule has 1 aromatic heterocycles. The summed E-state index contributed by atoms with van der Waals surface area (Å²) < 4.78 is 16.9. The fourth-order valence-corrected chi connectivity index (χ4v) is 3.22. The highest BCUT2D eigenvalue weighted by Crippen LogP contribution is 2.38. The van der Waals surface area contributed by atoms with Crippen molar-refractivity contribution in [2.75, 3.05) is 7.11 Å². The van der Waals surface area contributed by atoms with Crippen LogP contribution in [0.2, 0.25) is 13.1 Å². The third-order valence-corrected chi connectivity index (χ3v) is 4.23. The van der Waals surface area contributed by atoms with Gasteiger partial charge in [-0.2, -0.15) is 5.26 Å². The van der Waals surface area contributed by atoms with Crippen LogP contribution in [0.25, 0.3) is 10.8 Å². The summed E-state index contributed by atoms with van der Waals surface area (Å²) in [4.78, 5) is 12.6. The van der Waals surface area contributed by atoms with Crippen LogP contribution in [-0.4, -0.2) is 16.2 Å². The third-order valence-electron chi connectivity index (χ3n) is 3.62. The van der Waals surface area contributed by atoms with Crippen LogP contribution < -0.4 is 14.8 Å². The van der Waals surface area contributed by atoms with Gasteiger partial charge in [0.05, 0.1) is 25.0 Å². The molecule has 2 rings (SSSR count). The zero-order valence-electron chi connectivity index (χ0n) is 14.9. The fraction of sp³-hybridized carbons (Fsp3) is 0.444.